The molecule has 0 atom stereocenters. The van der Waals surface area contributed by atoms with Gasteiger partial charge in [0.2, 0.25) is 0 Å². The van der Waals surface area contributed by atoms with Crippen molar-refractivity contribution in [2.24, 2.45) is 4.99 Å². The third kappa shape index (κ3) is 4.81. The fourth-order valence-corrected chi connectivity index (χ4v) is 3.81. The van der Waals surface area contributed by atoms with Gasteiger partial charge in [0.1, 0.15) is 5.84 Å². The smallest absolute Gasteiger partial charge is 0.136 e. The quantitative estimate of drug-likeness (QED) is 0.559. The van der Waals surface area contributed by atoms with Gasteiger partial charge in [-0.25, -0.2) is 0 Å². The standard InChI is InChI=1S/C24H25N3.2ClH/c1-3-14-26(15-4-2)18-19-9-11-20(12-10-19)23-17-21-7-5-6-8-22(21)24-25-13-16-27(23)24;;/h3-12,17H,1-2,13-16,18H2;2*1H. The van der Waals surface area contributed by atoms with Crippen molar-refractivity contribution in [2.75, 3.05) is 26.2 Å². The number of rotatable bonds is 7. The van der Waals surface area contributed by atoms with Gasteiger partial charge in [0, 0.05) is 31.7 Å². The maximum absolute atomic E-state index is 4.75. The van der Waals surface area contributed by atoms with E-state index in [9.17, 15) is 0 Å². The molecule has 4 rings (SSSR count). The molecule has 0 fully saturated rings. The Balaban J connectivity index is 0.00000150. The summed E-state index contributed by atoms with van der Waals surface area (Å²) in [6.07, 6.45) is 6.17. The molecule has 0 unspecified atom stereocenters. The molecule has 0 aliphatic carbocycles. The van der Waals surface area contributed by atoms with Gasteiger partial charge >= 0.3 is 0 Å². The lowest BCUT2D eigenvalue weighted by atomic mass is 9.97. The van der Waals surface area contributed by atoms with Gasteiger partial charge in [0.05, 0.1) is 12.2 Å². The number of hydrogen-bond donors (Lipinski definition) is 0. The molecule has 2 aliphatic heterocycles. The Morgan fingerprint density at radius 3 is 2.34 bits per heavy atom. The van der Waals surface area contributed by atoms with E-state index in [0.29, 0.717) is 0 Å². The van der Waals surface area contributed by atoms with Gasteiger partial charge in [0.15, 0.2) is 0 Å². The summed E-state index contributed by atoms with van der Waals surface area (Å²) in [5.74, 6) is 1.11. The van der Waals surface area contributed by atoms with Crippen LogP contribution in [-0.2, 0) is 6.54 Å². The summed E-state index contributed by atoms with van der Waals surface area (Å²) in [5, 5.41) is 0. The third-order valence-corrected chi connectivity index (χ3v) is 5.06. The first-order valence-electron chi connectivity index (χ1n) is 9.46. The number of amidine groups is 1. The highest BCUT2D eigenvalue weighted by Crippen LogP contribution is 2.33. The zero-order chi connectivity index (χ0) is 18.6. The maximum Gasteiger partial charge on any atom is 0.136 e. The summed E-state index contributed by atoms with van der Waals surface area (Å²) < 4.78 is 0. The van der Waals surface area contributed by atoms with Crippen molar-refractivity contribution < 1.29 is 0 Å². The first kappa shape index (κ1) is 23.0. The van der Waals surface area contributed by atoms with E-state index in [-0.39, 0.29) is 24.8 Å². The van der Waals surface area contributed by atoms with E-state index < -0.39 is 0 Å². The van der Waals surface area contributed by atoms with E-state index in [4.69, 9.17) is 4.99 Å². The highest BCUT2D eigenvalue weighted by molar-refractivity contribution is 6.12. The Hall–Kier alpha value is -2.33. The summed E-state index contributed by atoms with van der Waals surface area (Å²) in [5.41, 5.74) is 6.26. The fraction of sp³-hybridized carbons (Fsp3) is 0.208. The first-order valence-corrected chi connectivity index (χ1v) is 9.46. The van der Waals surface area contributed by atoms with Crippen LogP contribution in [0, 0.1) is 0 Å². The van der Waals surface area contributed by atoms with Crippen LogP contribution >= 0.6 is 24.8 Å². The average molecular weight is 428 g/mol. The van der Waals surface area contributed by atoms with Gasteiger partial charge in [-0.3, -0.25) is 9.89 Å². The van der Waals surface area contributed by atoms with Gasteiger partial charge < -0.3 is 4.90 Å². The van der Waals surface area contributed by atoms with Crippen LogP contribution in [0.15, 0.2) is 78.8 Å². The molecular formula is C24H27Cl2N3. The largest absolute Gasteiger partial charge is 0.324 e. The molecule has 0 saturated carbocycles. The lowest BCUT2D eigenvalue weighted by Gasteiger charge is -2.29. The molecule has 5 heteroatoms. The Labute approximate surface area is 186 Å². The molecule has 2 heterocycles. The second kappa shape index (κ2) is 10.4. The van der Waals surface area contributed by atoms with Gasteiger partial charge in [-0.1, -0.05) is 60.7 Å². The van der Waals surface area contributed by atoms with Gasteiger partial charge in [0.25, 0.3) is 0 Å². The summed E-state index contributed by atoms with van der Waals surface area (Å²) in [4.78, 5) is 9.41. The molecule has 2 aromatic carbocycles. The van der Waals surface area contributed by atoms with Crippen molar-refractivity contribution in [1.82, 2.24) is 9.80 Å². The predicted octanol–water partition coefficient (Wildman–Crippen LogP) is 5.28. The van der Waals surface area contributed by atoms with Crippen molar-refractivity contribution >= 4 is 42.4 Å². The minimum atomic E-state index is 0. The van der Waals surface area contributed by atoms with Crippen LogP contribution < -0.4 is 0 Å². The zero-order valence-corrected chi connectivity index (χ0v) is 18.1. The number of hydrogen-bond acceptors (Lipinski definition) is 3. The molecule has 0 radical (unpaired) electrons. The molecule has 0 aromatic heterocycles. The van der Waals surface area contributed by atoms with E-state index in [1.807, 2.05) is 12.2 Å². The van der Waals surface area contributed by atoms with Crippen molar-refractivity contribution in [1.29, 1.82) is 0 Å². The molecule has 2 aliphatic rings. The Morgan fingerprint density at radius 1 is 0.966 bits per heavy atom. The van der Waals surface area contributed by atoms with Crippen LogP contribution in [0.5, 0.6) is 0 Å². The van der Waals surface area contributed by atoms with Crippen LogP contribution in [0.3, 0.4) is 0 Å². The number of halogens is 2. The topological polar surface area (TPSA) is 18.8 Å². The van der Waals surface area contributed by atoms with Gasteiger partial charge in [-0.2, -0.15) is 0 Å². The molecule has 2 aromatic rings. The fourth-order valence-electron chi connectivity index (χ4n) is 3.81. The van der Waals surface area contributed by atoms with E-state index in [1.54, 1.807) is 0 Å². The molecule has 0 N–H and O–H groups in total. The summed E-state index contributed by atoms with van der Waals surface area (Å²) in [7, 11) is 0. The average Bonchev–Trinajstić information content (AvgIpc) is 3.19. The number of benzene rings is 2. The second-order valence-corrected chi connectivity index (χ2v) is 6.94. The monoisotopic (exact) mass is 427 g/mol. The van der Waals surface area contributed by atoms with Gasteiger partial charge in [-0.05, 0) is 22.8 Å². The van der Waals surface area contributed by atoms with Crippen LogP contribution in [0.25, 0.3) is 11.8 Å². The summed E-state index contributed by atoms with van der Waals surface area (Å²) in [6.45, 7) is 12.1. The van der Waals surface area contributed by atoms with E-state index in [1.165, 1.54) is 28.0 Å². The lowest BCUT2D eigenvalue weighted by molar-refractivity contribution is 0.328. The minimum absolute atomic E-state index is 0. The molecule has 0 amide bonds. The molecule has 152 valence electrons. The third-order valence-electron chi connectivity index (χ3n) is 5.06. The van der Waals surface area contributed by atoms with E-state index in [2.05, 4.69) is 77.6 Å². The highest BCUT2D eigenvalue weighted by atomic mass is 35.5. The summed E-state index contributed by atoms with van der Waals surface area (Å²) >= 11 is 0. The van der Waals surface area contributed by atoms with Crippen LogP contribution in [0.4, 0.5) is 0 Å². The molecule has 29 heavy (non-hydrogen) atoms. The SMILES string of the molecule is C=CCN(CC=C)Cc1ccc(C2=Cc3ccccc3C3=NCCN23)cc1.Cl.Cl. The molecular weight excluding hydrogens is 401 g/mol. The summed E-state index contributed by atoms with van der Waals surface area (Å²) in [6, 6.07) is 17.4. The van der Waals surface area contributed by atoms with Gasteiger partial charge in [-0.15, -0.1) is 38.0 Å². The van der Waals surface area contributed by atoms with Crippen LogP contribution in [0.2, 0.25) is 0 Å². The maximum atomic E-state index is 4.75. The molecule has 0 bridgehead atoms. The Kier molecular flexibility index (Phi) is 8.27. The van der Waals surface area contributed by atoms with Crippen LogP contribution in [0.1, 0.15) is 22.3 Å². The van der Waals surface area contributed by atoms with E-state index in [0.717, 1.165) is 38.6 Å². The molecule has 0 saturated heterocycles. The van der Waals surface area contributed by atoms with Crippen LogP contribution in [-0.4, -0.2) is 41.8 Å². The van der Waals surface area contributed by atoms with Crippen molar-refractivity contribution in [3.8, 4) is 0 Å². The first-order chi connectivity index (χ1) is 13.3. The Morgan fingerprint density at radius 2 is 1.66 bits per heavy atom. The zero-order valence-electron chi connectivity index (χ0n) is 16.5. The number of aliphatic imine (C=N–C) groups is 1. The molecule has 3 nitrogen and oxygen atoms in total. The number of fused-ring (bicyclic) bond motifs is 3. The van der Waals surface area contributed by atoms with Crippen molar-refractivity contribution in [3.05, 3.63) is 96.1 Å². The minimum Gasteiger partial charge on any atom is -0.324 e. The normalized spacial score (nSPS) is 14.0. The predicted molar refractivity (Wildman–Crippen MR) is 129 cm³/mol. The van der Waals surface area contributed by atoms with E-state index >= 15 is 0 Å². The number of nitrogens with zero attached hydrogens (tertiary/aromatic N) is 3. The highest BCUT2D eigenvalue weighted by Gasteiger charge is 2.28. The second-order valence-electron chi connectivity index (χ2n) is 6.94. The molecule has 0 spiro atoms. The van der Waals surface area contributed by atoms with Crippen molar-refractivity contribution in [2.45, 2.75) is 6.54 Å². The lowest BCUT2D eigenvalue weighted by Crippen LogP contribution is -2.30. The Bertz CT molecular complexity index is 906. The van der Waals surface area contributed by atoms with Crippen molar-refractivity contribution in [3.63, 3.8) is 0 Å².